The molecule has 0 spiro atoms. The summed E-state index contributed by atoms with van der Waals surface area (Å²) in [4.78, 5) is 21.0. The second-order valence-electron chi connectivity index (χ2n) is 4.53. The zero-order chi connectivity index (χ0) is 15.4. The van der Waals surface area contributed by atoms with Gasteiger partial charge in [-0.2, -0.15) is 0 Å². The number of carbonyl (C=O) groups is 1. The Labute approximate surface area is 120 Å². The lowest BCUT2D eigenvalue weighted by molar-refractivity contribution is -0.384. The molecule has 7 heteroatoms. The third-order valence-electron chi connectivity index (χ3n) is 3.00. The lowest BCUT2D eigenvalue weighted by atomic mass is 10.2. The van der Waals surface area contributed by atoms with E-state index < -0.39 is 10.9 Å². The largest absolute Gasteiger partial charge is 0.475 e. The number of nitro groups is 1. The summed E-state index contributed by atoms with van der Waals surface area (Å²) in [6.45, 7) is 2.55. The van der Waals surface area contributed by atoms with Crippen molar-refractivity contribution in [3.63, 3.8) is 0 Å². The number of nitrogens with zero attached hydrogens (tertiary/aromatic N) is 1. The molecule has 0 fully saturated rings. The number of hydrogen-bond acceptors (Lipinski definition) is 5. The zero-order valence-electron chi connectivity index (χ0n) is 11.3. The molecule has 0 radical (unpaired) electrons. The lowest BCUT2D eigenvalue weighted by Gasteiger charge is -2.04. The number of carboxylic acid groups (broad SMARTS) is 1. The van der Waals surface area contributed by atoms with Crippen molar-refractivity contribution < 1.29 is 19.2 Å². The fraction of sp³-hybridized carbons (Fsp3) is 0.214. The maximum atomic E-state index is 10.8. The van der Waals surface area contributed by atoms with Crippen molar-refractivity contribution in [2.24, 2.45) is 0 Å². The Balaban J connectivity index is 1.97. The molecule has 0 saturated carbocycles. The summed E-state index contributed by atoms with van der Waals surface area (Å²) >= 11 is 0. The molecule has 0 aliphatic carbocycles. The van der Waals surface area contributed by atoms with Gasteiger partial charge in [-0.15, -0.1) is 0 Å². The third kappa shape index (κ3) is 3.67. The first-order valence-electron chi connectivity index (χ1n) is 6.24. The molecule has 2 aromatic rings. The molecule has 1 aromatic heterocycles. The van der Waals surface area contributed by atoms with Crippen molar-refractivity contribution in [1.82, 2.24) is 5.32 Å². The topological polar surface area (TPSA) is 106 Å². The van der Waals surface area contributed by atoms with Gasteiger partial charge in [0, 0.05) is 30.8 Å². The van der Waals surface area contributed by atoms with Crippen LogP contribution >= 0.6 is 0 Å². The Hall–Kier alpha value is -2.67. The first kappa shape index (κ1) is 14.7. The minimum absolute atomic E-state index is 0.0435. The quantitative estimate of drug-likeness (QED) is 0.625. The average molecular weight is 290 g/mol. The van der Waals surface area contributed by atoms with Gasteiger partial charge in [0.15, 0.2) is 0 Å². The number of aryl methyl sites for hydroxylation is 1. The Morgan fingerprint density at radius 3 is 2.76 bits per heavy atom. The Bertz CT molecular complexity index is 678. The molecule has 0 unspecified atom stereocenters. The van der Waals surface area contributed by atoms with Crippen LogP contribution in [0.3, 0.4) is 0 Å². The number of non-ortho nitro benzene ring substituents is 1. The molecule has 0 bridgehead atoms. The van der Waals surface area contributed by atoms with Crippen LogP contribution < -0.4 is 5.32 Å². The summed E-state index contributed by atoms with van der Waals surface area (Å²) in [6, 6.07) is 7.81. The molecule has 0 aliphatic rings. The maximum absolute atomic E-state index is 10.8. The summed E-state index contributed by atoms with van der Waals surface area (Å²) in [5, 5.41) is 22.6. The van der Waals surface area contributed by atoms with E-state index in [0.717, 1.165) is 11.1 Å². The van der Waals surface area contributed by atoms with Crippen molar-refractivity contribution in [3.05, 3.63) is 63.1 Å². The van der Waals surface area contributed by atoms with E-state index in [-0.39, 0.29) is 11.4 Å². The van der Waals surface area contributed by atoms with E-state index in [0.29, 0.717) is 18.8 Å². The number of carboxylic acids is 1. The number of benzene rings is 1. The number of nitrogens with one attached hydrogen (secondary N) is 1. The van der Waals surface area contributed by atoms with Crippen LogP contribution in [-0.4, -0.2) is 16.0 Å². The van der Waals surface area contributed by atoms with Gasteiger partial charge in [0.25, 0.3) is 5.69 Å². The molecule has 21 heavy (non-hydrogen) atoms. The zero-order valence-corrected chi connectivity index (χ0v) is 11.3. The third-order valence-corrected chi connectivity index (χ3v) is 3.00. The van der Waals surface area contributed by atoms with Crippen LogP contribution in [0.5, 0.6) is 0 Å². The Morgan fingerprint density at radius 1 is 1.38 bits per heavy atom. The number of nitro benzene ring substituents is 1. The van der Waals surface area contributed by atoms with Gasteiger partial charge in [0.05, 0.1) is 4.92 Å². The van der Waals surface area contributed by atoms with Gasteiger partial charge in [-0.05, 0) is 18.6 Å². The molecule has 0 aliphatic heterocycles. The van der Waals surface area contributed by atoms with Crippen LogP contribution in [0, 0.1) is 17.0 Å². The molecule has 0 atom stereocenters. The van der Waals surface area contributed by atoms with Crippen molar-refractivity contribution in [1.29, 1.82) is 0 Å². The standard InChI is InChI=1S/C14H14N2O5/c1-9-11(6-13(21-9)14(17)18)8-15-7-10-3-2-4-12(5-10)16(19)20/h2-6,15H,7-8H2,1H3,(H,17,18). The molecule has 110 valence electrons. The molecule has 7 nitrogen and oxygen atoms in total. The van der Waals surface area contributed by atoms with Crippen molar-refractivity contribution in [3.8, 4) is 0 Å². The van der Waals surface area contributed by atoms with Gasteiger partial charge in [-0.3, -0.25) is 10.1 Å². The normalized spacial score (nSPS) is 10.5. The van der Waals surface area contributed by atoms with Crippen molar-refractivity contribution >= 4 is 11.7 Å². The number of hydrogen-bond donors (Lipinski definition) is 2. The van der Waals surface area contributed by atoms with E-state index in [9.17, 15) is 14.9 Å². The molecule has 2 N–H and O–H groups in total. The van der Waals surface area contributed by atoms with E-state index in [2.05, 4.69) is 5.32 Å². The minimum Gasteiger partial charge on any atom is -0.475 e. The van der Waals surface area contributed by atoms with Gasteiger partial charge in [-0.25, -0.2) is 4.79 Å². The van der Waals surface area contributed by atoms with E-state index in [1.807, 2.05) is 0 Å². The first-order valence-corrected chi connectivity index (χ1v) is 6.24. The highest BCUT2D eigenvalue weighted by atomic mass is 16.6. The van der Waals surface area contributed by atoms with E-state index >= 15 is 0 Å². The highest BCUT2D eigenvalue weighted by molar-refractivity contribution is 5.84. The number of furan rings is 1. The molecule has 1 heterocycles. The summed E-state index contributed by atoms with van der Waals surface area (Å²) < 4.78 is 5.10. The van der Waals surface area contributed by atoms with Gasteiger partial charge in [0.1, 0.15) is 5.76 Å². The molecule has 0 amide bonds. The SMILES string of the molecule is Cc1oc(C(=O)O)cc1CNCc1cccc([N+](=O)[O-])c1. The fourth-order valence-electron chi connectivity index (χ4n) is 1.92. The predicted molar refractivity (Wildman–Crippen MR) is 74.0 cm³/mol. The molecular formula is C14H14N2O5. The van der Waals surface area contributed by atoms with Gasteiger partial charge >= 0.3 is 5.97 Å². The Kier molecular flexibility index (Phi) is 4.34. The van der Waals surface area contributed by atoms with E-state index in [4.69, 9.17) is 9.52 Å². The van der Waals surface area contributed by atoms with E-state index in [1.165, 1.54) is 18.2 Å². The van der Waals surface area contributed by atoms with Crippen LogP contribution in [-0.2, 0) is 13.1 Å². The van der Waals surface area contributed by atoms with Crippen LogP contribution in [0.4, 0.5) is 5.69 Å². The van der Waals surface area contributed by atoms with E-state index in [1.54, 1.807) is 19.1 Å². The highest BCUT2D eigenvalue weighted by Crippen LogP contribution is 2.16. The van der Waals surface area contributed by atoms with Gasteiger partial charge in [0.2, 0.25) is 5.76 Å². The van der Waals surface area contributed by atoms with Crippen molar-refractivity contribution in [2.75, 3.05) is 0 Å². The minimum atomic E-state index is -1.11. The summed E-state index contributed by atoms with van der Waals surface area (Å²) in [7, 11) is 0. The number of rotatable bonds is 6. The molecule has 0 saturated heterocycles. The number of aromatic carboxylic acids is 1. The maximum Gasteiger partial charge on any atom is 0.371 e. The molecule has 1 aromatic carbocycles. The van der Waals surface area contributed by atoms with Crippen LogP contribution in [0.25, 0.3) is 0 Å². The van der Waals surface area contributed by atoms with Gasteiger partial charge < -0.3 is 14.8 Å². The Morgan fingerprint density at radius 2 is 2.14 bits per heavy atom. The highest BCUT2D eigenvalue weighted by Gasteiger charge is 2.12. The molecule has 2 rings (SSSR count). The van der Waals surface area contributed by atoms with Crippen LogP contribution in [0.15, 0.2) is 34.7 Å². The average Bonchev–Trinajstić information content (AvgIpc) is 2.81. The monoisotopic (exact) mass is 290 g/mol. The second-order valence-corrected chi connectivity index (χ2v) is 4.53. The van der Waals surface area contributed by atoms with Crippen molar-refractivity contribution in [2.45, 2.75) is 20.0 Å². The summed E-state index contributed by atoms with van der Waals surface area (Å²) in [5.41, 5.74) is 1.57. The lowest BCUT2D eigenvalue weighted by Crippen LogP contribution is -2.12. The summed E-state index contributed by atoms with van der Waals surface area (Å²) in [5.74, 6) is -0.665. The summed E-state index contributed by atoms with van der Waals surface area (Å²) in [6.07, 6.45) is 0. The fourth-order valence-corrected chi connectivity index (χ4v) is 1.92. The molecular weight excluding hydrogens is 276 g/mol. The first-order chi connectivity index (χ1) is 9.97. The second kappa shape index (κ2) is 6.19. The van der Waals surface area contributed by atoms with Gasteiger partial charge in [-0.1, -0.05) is 12.1 Å². The smallest absolute Gasteiger partial charge is 0.371 e. The van der Waals surface area contributed by atoms with Crippen LogP contribution in [0.1, 0.15) is 27.4 Å². The van der Waals surface area contributed by atoms with Crippen LogP contribution in [0.2, 0.25) is 0 Å². The predicted octanol–water partition coefficient (Wildman–Crippen LogP) is 2.48.